The Hall–Kier alpha value is -1.88. The average molecular weight is 544 g/mol. The summed E-state index contributed by atoms with van der Waals surface area (Å²) in [5.74, 6) is 0. The summed E-state index contributed by atoms with van der Waals surface area (Å²) < 4.78 is 12.3. The van der Waals surface area contributed by atoms with E-state index in [1.54, 1.807) is 6.07 Å². The highest BCUT2D eigenvalue weighted by molar-refractivity contribution is 9.10. The molecule has 0 spiro atoms. The summed E-state index contributed by atoms with van der Waals surface area (Å²) in [7, 11) is 0. The summed E-state index contributed by atoms with van der Waals surface area (Å²) in [5.41, 5.74) is 8.67. The fraction of sp³-hybridized carbons (Fsp3) is 0.400. The second-order valence-electron chi connectivity index (χ2n) is 6.79. The molecule has 0 unspecified atom stereocenters. The first-order chi connectivity index (χ1) is 14.5. The van der Waals surface area contributed by atoms with Gasteiger partial charge in [-0.2, -0.15) is 0 Å². The predicted octanol–water partition coefficient (Wildman–Crippen LogP) is 4.06. The van der Waals surface area contributed by atoms with Gasteiger partial charge in [0.2, 0.25) is 0 Å². The molecule has 30 heavy (non-hydrogen) atoms. The number of morpholine rings is 2. The maximum absolute atomic E-state index is 10.9. The maximum atomic E-state index is 10.9. The van der Waals surface area contributed by atoms with Crippen molar-refractivity contribution in [2.45, 2.75) is 0 Å². The Balaban J connectivity index is 0.000000172. The minimum Gasteiger partial charge on any atom is -0.397 e. The van der Waals surface area contributed by atoms with Crippen molar-refractivity contribution in [2.24, 2.45) is 0 Å². The highest BCUT2D eigenvalue weighted by Crippen LogP contribution is 2.31. The Morgan fingerprint density at radius 2 is 1.30 bits per heavy atom. The molecule has 2 aromatic rings. The van der Waals surface area contributed by atoms with Gasteiger partial charge >= 0.3 is 0 Å². The van der Waals surface area contributed by atoms with Crippen LogP contribution in [0.5, 0.6) is 0 Å². The van der Waals surface area contributed by atoms with Crippen molar-refractivity contribution < 1.29 is 14.4 Å². The lowest BCUT2D eigenvalue weighted by atomic mass is 10.2. The van der Waals surface area contributed by atoms with E-state index in [1.165, 1.54) is 6.07 Å². The van der Waals surface area contributed by atoms with E-state index in [4.69, 9.17) is 15.2 Å². The standard InChI is InChI=1S/C10H11BrN2O3.C10H13BrN2O/c11-8-1-2-9(10(7-8)13(14)15)12-3-5-16-6-4-12;11-8-1-2-10(9(12)7-8)13-3-5-14-6-4-13/h1-2,7H,3-6H2;1-2,7H,3-6,12H2. The summed E-state index contributed by atoms with van der Waals surface area (Å²) in [4.78, 5) is 14.8. The maximum Gasteiger partial charge on any atom is 0.293 e. The van der Waals surface area contributed by atoms with Gasteiger partial charge in [0.25, 0.3) is 5.69 Å². The van der Waals surface area contributed by atoms with Crippen LogP contribution >= 0.6 is 31.9 Å². The molecule has 162 valence electrons. The first-order valence-electron chi connectivity index (χ1n) is 9.60. The summed E-state index contributed by atoms with van der Waals surface area (Å²) in [5, 5.41) is 10.9. The van der Waals surface area contributed by atoms with E-state index in [9.17, 15) is 10.1 Å². The number of nitrogen functional groups attached to an aromatic ring is 1. The van der Waals surface area contributed by atoms with Gasteiger partial charge in [0, 0.05) is 41.2 Å². The van der Waals surface area contributed by atoms with Crippen molar-refractivity contribution in [1.29, 1.82) is 0 Å². The minimum absolute atomic E-state index is 0.135. The average Bonchev–Trinajstić information content (AvgIpc) is 2.75. The van der Waals surface area contributed by atoms with Crippen molar-refractivity contribution in [1.82, 2.24) is 0 Å². The molecular formula is C20H24Br2N4O4. The number of benzene rings is 2. The number of hydrogen-bond acceptors (Lipinski definition) is 7. The third-order valence-electron chi connectivity index (χ3n) is 4.83. The molecule has 0 amide bonds. The van der Waals surface area contributed by atoms with E-state index in [0.717, 1.165) is 46.6 Å². The van der Waals surface area contributed by atoms with Gasteiger partial charge < -0.3 is 25.0 Å². The fourth-order valence-electron chi connectivity index (χ4n) is 3.33. The molecule has 2 aromatic carbocycles. The molecule has 0 saturated carbocycles. The van der Waals surface area contributed by atoms with Crippen LogP contribution in [0.4, 0.5) is 22.7 Å². The number of nitrogens with two attached hydrogens (primary N) is 1. The molecule has 2 aliphatic heterocycles. The third kappa shape index (κ3) is 6.07. The predicted molar refractivity (Wildman–Crippen MR) is 125 cm³/mol. The summed E-state index contributed by atoms with van der Waals surface area (Å²) in [6, 6.07) is 11.1. The van der Waals surface area contributed by atoms with Gasteiger partial charge in [-0.1, -0.05) is 31.9 Å². The topological polar surface area (TPSA) is 94.1 Å². The molecule has 0 radical (unpaired) electrons. The van der Waals surface area contributed by atoms with Crippen molar-refractivity contribution >= 4 is 54.6 Å². The van der Waals surface area contributed by atoms with E-state index < -0.39 is 0 Å². The molecule has 2 heterocycles. The molecule has 2 saturated heterocycles. The first-order valence-corrected chi connectivity index (χ1v) is 11.2. The second-order valence-corrected chi connectivity index (χ2v) is 8.62. The number of halogens is 2. The van der Waals surface area contributed by atoms with Crippen LogP contribution in [0.15, 0.2) is 45.3 Å². The normalized spacial score (nSPS) is 16.6. The molecule has 2 fully saturated rings. The van der Waals surface area contributed by atoms with Crippen LogP contribution in [-0.4, -0.2) is 57.5 Å². The van der Waals surface area contributed by atoms with Gasteiger partial charge in [-0.05, 0) is 30.3 Å². The van der Waals surface area contributed by atoms with Crippen molar-refractivity contribution in [2.75, 3.05) is 68.1 Å². The van der Waals surface area contributed by atoms with E-state index >= 15 is 0 Å². The smallest absolute Gasteiger partial charge is 0.293 e. The van der Waals surface area contributed by atoms with Gasteiger partial charge in [-0.3, -0.25) is 10.1 Å². The molecule has 2 aliphatic rings. The molecule has 10 heteroatoms. The Morgan fingerprint density at radius 3 is 1.80 bits per heavy atom. The zero-order chi connectivity index (χ0) is 21.5. The van der Waals surface area contributed by atoms with E-state index in [0.29, 0.717) is 32.0 Å². The van der Waals surface area contributed by atoms with Gasteiger partial charge in [0.15, 0.2) is 0 Å². The molecule has 0 bridgehead atoms. The van der Waals surface area contributed by atoms with Gasteiger partial charge in [-0.25, -0.2) is 0 Å². The Kier molecular flexibility index (Phi) is 8.32. The molecule has 0 aliphatic carbocycles. The van der Waals surface area contributed by atoms with Crippen LogP contribution in [0, 0.1) is 10.1 Å². The zero-order valence-corrected chi connectivity index (χ0v) is 19.6. The summed E-state index contributed by atoms with van der Waals surface area (Å²) in [6.45, 7) is 6.05. The quantitative estimate of drug-likeness (QED) is 0.354. The summed E-state index contributed by atoms with van der Waals surface area (Å²) >= 11 is 6.64. The van der Waals surface area contributed by atoms with E-state index in [1.807, 2.05) is 29.2 Å². The van der Waals surface area contributed by atoms with E-state index in [2.05, 4.69) is 36.8 Å². The van der Waals surface area contributed by atoms with Crippen molar-refractivity contribution in [3.8, 4) is 0 Å². The largest absolute Gasteiger partial charge is 0.397 e. The van der Waals surface area contributed by atoms with Crippen LogP contribution in [0.1, 0.15) is 0 Å². The van der Waals surface area contributed by atoms with Crippen LogP contribution in [0.2, 0.25) is 0 Å². The van der Waals surface area contributed by atoms with Crippen molar-refractivity contribution in [3.63, 3.8) is 0 Å². The molecular weight excluding hydrogens is 520 g/mol. The Labute approximate surface area is 192 Å². The lowest BCUT2D eigenvalue weighted by molar-refractivity contribution is -0.384. The number of ether oxygens (including phenoxy) is 2. The second kappa shape index (κ2) is 10.9. The highest BCUT2D eigenvalue weighted by atomic mass is 79.9. The fourth-order valence-corrected chi connectivity index (χ4v) is 4.06. The molecule has 2 N–H and O–H groups in total. The number of hydrogen-bond donors (Lipinski definition) is 1. The number of nitro benzene ring substituents is 1. The molecule has 0 atom stereocenters. The number of anilines is 3. The summed E-state index contributed by atoms with van der Waals surface area (Å²) in [6.07, 6.45) is 0. The number of rotatable bonds is 3. The van der Waals surface area contributed by atoms with Crippen LogP contribution in [-0.2, 0) is 9.47 Å². The van der Waals surface area contributed by atoms with Gasteiger partial charge in [-0.15, -0.1) is 0 Å². The monoisotopic (exact) mass is 542 g/mol. The molecule has 8 nitrogen and oxygen atoms in total. The Bertz CT molecular complexity index is 872. The van der Waals surface area contributed by atoms with Gasteiger partial charge in [0.05, 0.1) is 42.7 Å². The van der Waals surface area contributed by atoms with Crippen LogP contribution in [0.3, 0.4) is 0 Å². The van der Waals surface area contributed by atoms with Crippen molar-refractivity contribution in [3.05, 3.63) is 55.5 Å². The number of nitro groups is 1. The highest BCUT2D eigenvalue weighted by Gasteiger charge is 2.21. The lowest BCUT2D eigenvalue weighted by Gasteiger charge is -2.29. The first kappa shape index (κ1) is 22.8. The third-order valence-corrected chi connectivity index (χ3v) is 5.81. The Morgan fingerprint density at radius 1 is 0.833 bits per heavy atom. The molecule has 4 rings (SSSR count). The number of nitrogens with zero attached hydrogens (tertiary/aromatic N) is 3. The van der Waals surface area contributed by atoms with E-state index in [-0.39, 0.29) is 10.6 Å². The van der Waals surface area contributed by atoms with Gasteiger partial charge in [0.1, 0.15) is 5.69 Å². The van der Waals surface area contributed by atoms with Crippen LogP contribution < -0.4 is 15.5 Å². The lowest BCUT2D eigenvalue weighted by Crippen LogP contribution is -2.36. The SMILES string of the molecule is Nc1cc(Br)ccc1N1CCOCC1.O=[N+]([O-])c1cc(Br)ccc1N1CCOCC1. The van der Waals surface area contributed by atoms with Crippen LogP contribution in [0.25, 0.3) is 0 Å². The zero-order valence-electron chi connectivity index (χ0n) is 16.4. The minimum atomic E-state index is -0.352. The molecule has 0 aromatic heterocycles.